The zero-order valence-electron chi connectivity index (χ0n) is 14.0. The van der Waals surface area contributed by atoms with E-state index in [4.69, 9.17) is 4.74 Å². The van der Waals surface area contributed by atoms with Gasteiger partial charge in [0.15, 0.2) is 5.82 Å². The molecule has 0 aliphatic rings. The first-order valence-electron chi connectivity index (χ1n) is 7.59. The molecule has 0 amide bonds. The predicted molar refractivity (Wildman–Crippen MR) is 96.6 cm³/mol. The molecule has 0 unspecified atom stereocenters. The SMILES string of the molecule is COc1ccc(-c2nnc(SC(F)F)n2/N=C/c2ccc(O)cc2O)cc1. The zero-order chi connectivity index (χ0) is 19.4. The number of alkyl halides is 2. The lowest BCUT2D eigenvalue weighted by molar-refractivity contribution is 0.251. The van der Waals surface area contributed by atoms with Gasteiger partial charge in [0.1, 0.15) is 17.2 Å². The van der Waals surface area contributed by atoms with E-state index in [9.17, 15) is 19.0 Å². The Bertz CT molecular complexity index is 961. The summed E-state index contributed by atoms with van der Waals surface area (Å²) >= 11 is 0.205. The summed E-state index contributed by atoms with van der Waals surface area (Å²) in [6.45, 7) is 0. The van der Waals surface area contributed by atoms with E-state index >= 15 is 0 Å². The Morgan fingerprint density at radius 3 is 2.52 bits per heavy atom. The second-order valence-electron chi connectivity index (χ2n) is 5.21. The van der Waals surface area contributed by atoms with Gasteiger partial charge < -0.3 is 14.9 Å². The Hall–Kier alpha value is -3.14. The maximum Gasteiger partial charge on any atom is 0.291 e. The van der Waals surface area contributed by atoms with Gasteiger partial charge in [-0.05, 0) is 48.2 Å². The van der Waals surface area contributed by atoms with Crippen molar-refractivity contribution in [3.8, 4) is 28.6 Å². The Morgan fingerprint density at radius 1 is 1.15 bits per heavy atom. The molecule has 0 atom stereocenters. The van der Waals surface area contributed by atoms with Gasteiger partial charge in [0, 0.05) is 17.2 Å². The molecule has 0 saturated carbocycles. The molecular weight excluding hydrogens is 378 g/mol. The first-order chi connectivity index (χ1) is 13.0. The van der Waals surface area contributed by atoms with Gasteiger partial charge in [0.25, 0.3) is 5.76 Å². The summed E-state index contributed by atoms with van der Waals surface area (Å²) in [6, 6.07) is 10.7. The molecule has 1 heterocycles. The quantitative estimate of drug-likeness (QED) is 0.492. The molecule has 27 heavy (non-hydrogen) atoms. The van der Waals surface area contributed by atoms with Crippen molar-refractivity contribution in [2.75, 3.05) is 7.11 Å². The molecule has 0 radical (unpaired) electrons. The maximum atomic E-state index is 12.8. The average Bonchev–Trinajstić information content (AvgIpc) is 3.03. The Labute approximate surface area is 156 Å². The van der Waals surface area contributed by atoms with Gasteiger partial charge in [-0.3, -0.25) is 0 Å². The fourth-order valence-corrected chi connectivity index (χ4v) is 2.68. The molecule has 2 aromatic carbocycles. The number of methoxy groups -OCH3 is 1. The Kier molecular flexibility index (Phi) is 5.55. The smallest absolute Gasteiger partial charge is 0.291 e. The normalized spacial score (nSPS) is 11.4. The van der Waals surface area contributed by atoms with Gasteiger partial charge in [-0.1, -0.05) is 0 Å². The molecule has 140 valence electrons. The number of thioether (sulfide) groups is 1. The summed E-state index contributed by atoms with van der Waals surface area (Å²) in [6.07, 6.45) is 1.26. The highest BCUT2D eigenvalue weighted by Gasteiger charge is 2.18. The van der Waals surface area contributed by atoms with Crippen LogP contribution in [0, 0.1) is 0 Å². The highest BCUT2D eigenvalue weighted by atomic mass is 32.2. The molecule has 0 aliphatic carbocycles. The van der Waals surface area contributed by atoms with Crippen molar-refractivity contribution in [2.45, 2.75) is 10.9 Å². The molecule has 3 aromatic rings. The summed E-state index contributed by atoms with van der Waals surface area (Å²) in [7, 11) is 1.53. The summed E-state index contributed by atoms with van der Waals surface area (Å²) in [4.78, 5) is 0. The lowest BCUT2D eigenvalue weighted by Crippen LogP contribution is -1.98. The number of hydrogen-bond acceptors (Lipinski definition) is 7. The van der Waals surface area contributed by atoms with Crippen LogP contribution in [0.25, 0.3) is 11.4 Å². The second-order valence-corrected chi connectivity index (χ2v) is 6.17. The van der Waals surface area contributed by atoms with Gasteiger partial charge >= 0.3 is 0 Å². The van der Waals surface area contributed by atoms with Crippen LogP contribution in [-0.2, 0) is 0 Å². The molecular formula is C17H14F2N4O3S. The number of aromatic hydroxyl groups is 2. The van der Waals surface area contributed by atoms with E-state index in [1.54, 1.807) is 24.3 Å². The Balaban J connectivity index is 2.02. The molecule has 7 nitrogen and oxygen atoms in total. The van der Waals surface area contributed by atoms with Crippen LogP contribution in [-0.4, -0.2) is 44.2 Å². The van der Waals surface area contributed by atoms with E-state index in [-0.39, 0.29) is 39.8 Å². The van der Waals surface area contributed by atoms with Crippen LogP contribution in [0.4, 0.5) is 8.78 Å². The number of aromatic nitrogens is 3. The van der Waals surface area contributed by atoms with Gasteiger partial charge in [0.05, 0.1) is 13.3 Å². The zero-order valence-corrected chi connectivity index (χ0v) is 14.8. The van der Waals surface area contributed by atoms with Crippen LogP contribution >= 0.6 is 11.8 Å². The van der Waals surface area contributed by atoms with Gasteiger partial charge in [-0.2, -0.15) is 18.6 Å². The van der Waals surface area contributed by atoms with E-state index < -0.39 is 5.76 Å². The number of phenols is 2. The highest BCUT2D eigenvalue weighted by Crippen LogP contribution is 2.29. The van der Waals surface area contributed by atoms with Crippen LogP contribution in [0.5, 0.6) is 17.2 Å². The van der Waals surface area contributed by atoms with Crippen LogP contribution in [0.15, 0.2) is 52.7 Å². The molecule has 0 bridgehead atoms. The third kappa shape index (κ3) is 4.34. The first-order valence-corrected chi connectivity index (χ1v) is 8.47. The number of hydrogen-bond donors (Lipinski definition) is 2. The maximum absolute atomic E-state index is 12.8. The Morgan fingerprint density at radius 2 is 1.89 bits per heavy atom. The number of phenolic OH excluding ortho intramolecular Hbond substituents is 2. The van der Waals surface area contributed by atoms with Crippen molar-refractivity contribution in [3.05, 3.63) is 48.0 Å². The summed E-state index contributed by atoms with van der Waals surface area (Å²) < 4.78 is 31.9. The van der Waals surface area contributed by atoms with Gasteiger partial charge in [-0.25, -0.2) is 0 Å². The summed E-state index contributed by atoms with van der Waals surface area (Å²) in [5.74, 6) is -2.14. The lowest BCUT2D eigenvalue weighted by atomic mass is 10.2. The molecule has 10 heteroatoms. The highest BCUT2D eigenvalue weighted by molar-refractivity contribution is 7.99. The first kappa shape index (κ1) is 18.6. The van der Waals surface area contributed by atoms with E-state index in [1.165, 1.54) is 25.5 Å². The number of rotatable bonds is 6. The minimum atomic E-state index is -2.70. The predicted octanol–water partition coefficient (Wildman–Crippen LogP) is 3.56. The fourth-order valence-electron chi connectivity index (χ4n) is 2.20. The largest absolute Gasteiger partial charge is 0.508 e. The summed E-state index contributed by atoms with van der Waals surface area (Å²) in [5, 5.41) is 30.9. The number of nitrogens with zero attached hydrogens (tertiary/aromatic N) is 4. The molecule has 0 spiro atoms. The fraction of sp³-hybridized carbons (Fsp3) is 0.118. The topological polar surface area (TPSA) is 92.8 Å². The van der Waals surface area contributed by atoms with Gasteiger partial charge in [0.2, 0.25) is 5.16 Å². The van der Waals surface area contributed by atoms with Gasteiger partial charge in [-0.15, -0.1) is 10.2 Å². The average molecular weight is 392 g/mol. The molecule has 2 N–H and O–H groups in total. The number of halogens is 2. The molecule has 1 aromatic heterocycles. The molecule has 0 fully saturated rings. The van der Waals surface area contributed by atoms with Crippen LogP contribution in [0.2, 0.25) is 0 Å². The van der Waals surface area contributed by atoms with E-state index in [1.807, 2.05) is 0 Å². The monoisotopic (exact) mass is 392 g/mol. The minimum absolute atomic E-state index is 0.106. The molecule has 0 saturated heterocycles. The van der Waals surface area contributed by atoms with Crippen molar-refractivity contribution in [1.29, 1.82) is 0 Å². The number of ether oxygens (including phenoxy) is 1. The van der Waals surface area contributed by atoms with Crippen molar-refractivity contribution >= 4 is 18.0 Å². The third-order valence-corrected chi connectivity index (χ3v) is 4.12. The van der Waals surface area contributed by atoms with Crippen molar-refractivity contribution in [2.24, 2.45) is 5.10 Å². The van der Waals surface area contributed by atoms with Crippen molar-refractivity contribution in [1.82, 2.24) is 14.9 Å². The van der Waals surface area contributed by atoms with E-state index in [0.29, 0.717) is 11.3 Å². The van der Waals surface area contributed by atoms with Crippen LogP contribution < -0.4 is 4.74 Å². The molecule has 3 rings (SSSR count). The summed E-state index contributed by atoms with van der Waals surface area (Å²) in [5.41, 5.74) is 0.881. The minimum Gasteiger partial charge on any atom is -0.508 e. The lowest BCUT2D eigenvalue weighted by Gasteiger charge is -2.06. The second kappa shape index (κ2) is 8.04. The van der Waals surface area contributed by atoms with Crippen molar-refractivity contribution < 1.29 is 23.7 Å². The number of benzene rings is 2. The van der Waals surface area contributed by atoms with Crippen LogP contribution in [0.1, 0.15) is 5.56 Å². The standard InChI is InChI=1S/C17H14F2N4O3S/c1-26-13-6-3-10(4-7-13)15-21-22-17(27-16(18)19)23(15)20-9-11-2-5-12(24)8-14(11)25/h2-9,16,24-25H,1H3/b20-9+. The van der Waals surface area contributed by atoms with E-state index in [2.05, 4.69) is 15.3 Å². The third-order valence-electron chi connectivity index (χ3n) is 3.48. The van der Waals surface area contributed by atoms with Crippen LogP contribution in [0.3, 0.4) is 0 Å². The van der Waals surface area contributed by atoms with E-state index in [0.717, 1.165) is 10.7 Å². The van der Waals surface area contributed by atoms with Crippen molar-refractivity contribution in [3.63, 3.8) is 0 Å². The molecule has 0 aliphatic heterocycles.